The first kappa shape index (κ1) is 12.1. The summed E-state index contributed by atoms with van der Waals surface area (Å²) < 4.78 is 10.5. The van der Waals surface area contributed by atoms with Gasteiger partial charge in [-0.05, 0) is 18.6 Å². The van der Waals surface area contributed by atoms with Crippen LogP contribution in [-0.2, 0) is 4.74 Å². The van der Waals surface area contributed by atoms with Crippen molar-refractivity contribution in [3.63, 3.8) is 0 Å². The van der Waals surface area contributed by atoms with Crippen LogP contribution in [0, 0.1) is 6.92 Å². The highest BCUT2D eigenvalue weighted by molar-refractivity contribution is 7.99. The van der Waals surface area contributed by atoms with Crippen molar-refractivity contribution in [3.05, 3.63) is 29.8 Å². The number of rotatable bonds is 5. The van der Waals surface area contributed by atoms with Crippen LogP contribution in [0.25, 0.3) is 11.5 Å². The zero-order chi connectivity index (χ0) is 12.1. The zero-order valence-corrected chi connectivity index (χ0v) is 10.7. The van der Waals surface area contributed by atoms with Crippen LogP contribution in [0.3, 0.4) is 0 Å². The molecule has 2 rings (SSSR count). The number of aromatic nitrogens is 2. The lowest BCUT2D eigenvalue weighted by molar-refractivity contribution is 0.218. The van der Waals surface area contributed by atoms with Crippen molar-refractivity contribution in [2.45, 2.75) is 12.1 Å². The molecule has 17 heavy (non-hydrogen) atoms. The van der Waals surface area contributed by atoms with Crippen LogP contribution >= 0.6 is 11.8 Å². The van der Waals surface area contributed by atoms with Gasteiger partial charge in [0.1, 0.15) is 0 Å². The fraction of sp³-hybridized carbons (Fsp3) is 0.333. The minimum atomic E-state index is 0.572. The SMILES string of the molecule is COCCSc1nnc(-c2ccccc2C)o1. The summed E-state index contributed by atoms with van der Waals surface area (Å²) in [5.41, 5.74) is 2.11. The van der Waals surface area contributed by atoms with E-state index in [1.807, 2.05) is 31.2 Å². The molecule has 0 aliphatic rings. The molecule has 0 spiro atoms. The second kappa shape index (κ2) is 5.84. The molecule has 5 heteroatoms. The minimum Gasteiger partial charge on any atom is -0.411 e. The summed E-state index contributed by atoms with van der Waals surface area (Å²) in [4.78, 5) is 0. The average Bonchev–Trinajstić information content (AvgIpc) is 2.79. The summed E-state index contributed by atoms with van der Waals surface area (Å²) in [5, 5.41) is 8.63. The number of hydrogen-bond donors (Lipinski definition) is 0. The van der Waals surface area contributed by atoms with Gasteiger partial charge in [-0.2, -0.15) is 0 Å². The topological polar surface area (TPSA) is 48.2 Å². The summed E-state index contributed by atoms with van der Waals surface area (Å²) in [6.45, 7) is 2.70. The standard InChI is InChI=1S/C12H14N2O2S/c1-9-5-3-4-6-10(9)11-13-14-12(16-11)17-8-7-15-2/h3-6H,7-8H2,1-2H3. The van der Waals surface area contributed by atoms with Gasteiger partial charge in [-0.3, -0.25) is 0 Å². The highest BCUT2D eigenvalue weighted by atomic mass is 32.2. The van der Waals surface area contributed by atoms with Gasteiger partial charge < -0.3 is 9.15 Å². The molecule has 0 radical (unpaired) electrons. The third kappa shape index (κ3) is 3.08. The Morgan fingerprint density at radius 2 is 2.12 bits per heavy atom. The molecule has 0 aliphatic heterocycles. The lowest BCUT2D eigenvalue weighted by atomic mass is 10.1. The van der Waals surface area contributed by atoms with Gasteiger partial charge in [0.25, 0.3) is 5.22 Å². The van der Waals surface area contributed by atoms with Crippen molar-refractivity contribution in [3.8, 4) is 11.5 Å². The number of methoxy groups -OCH3 is 1. The Kier molecular flexibility index (Phi) is 4.17. The lowest BCUT2D eigenvalue weighted by Gasteiger charge is -1.98. The van der Waals surface area contributed by atoms with Crippen LogP contribution in [0.1, 0.15) is 5.56 Å². The van der Waals surface area contributed by atoms with Crippen LogP contribution in [0.2, 0.25) is 0 Å². The number of benzene rings is 1. The number of thioether (sulfide) groups is 1. The number of nitrogens with zero attached hydrogens (tertiary/aromatic N) is 2. The number of hydrogen-bond acceptors (Lipinski definition) is 5. The maximum Gasteiger partial charge on any atom is 0.276 e. The molecule has 4 nitrogen and oxygen atoms in total. The average molecular weight is 250 g/mol. The van der Waals surface area contributed by atoms with Gasteiger partial charge in [0.05, 0.1) is 6.61 Å². The fourth-order valence-electron chi connectivity index (χ4n) is 1.40. The fourth-order valence-corrected chi connectivity index (χ4v) is 2.06. The first-order valence-corrected chi connectivity index (χ1v) is 6.31. The van der Waals surface area contributed by atoms with Crippen molar-refractivity contribution in [1.29, 1.82) is 0 Å². The van der Waals surface area contributed by atoms with E-state index in [-0.39, 0.29) is 0 Å². The predicted molar refractivity (Wildman–Crippen MR) is 67.1 cm³/mol. The Bertz CT molecular complexity index is 485. The van der Waals surface area contributed by atoms with Crippen molar-refractivity contribution in [2.24, 2.45) is 0 Å². The van der Waals surface area contributed by atoms with E-state index in [1.54, 1.807) is 7.11 Å². The molecular weight excluding hydrogens is 236 g/mol. The monoisotopic (exact) mass is 250 g/mol. The minimum absolute atomic E-state index is 0.572. The van der Waals surface area contributed by atoms with Crippen LogP contribution < -0.4 is 0 Å². The molecule has 0 saturated heterocycles. The van der Waals surface area contributed by atoms with Crippen molar-refractivity contribution in [1.82, 2.24) is 10.2 Å². The van der Waals surface area contributed by atoms with Crippen LogP contribution in [0.5, 0.6) is 0 Å². The van der Waals surface area contributed by atoms with Crippen molar-refractivity contribution >= 4 is 11.8 Å². The van der Waals surface area contributed by atoms with E-state index in [2.05, 4.69) is 10.2 Å². The molecule has 0 fully saturated rings. The van der Waals surface area contributed by atoms with E-state index < -0.39 is 0 Å². The van der Waals surface area contributed by atoms with Gasteiger partial charge in [0.15, 0.2) is 0 Å². The van der Waals surface area contributed by atoms with E-state index in [0.29, 0.717) is 17.7 Å². The molecule has 90 valence electrons. The largest absolute Gasteiger partial charge is 0.411 e. The Hall–Kier alpha value is -1.33. The lowest BCUT2D eigenvalue weighted by Crippen LogP contribution is -1.90. The maximum absolute atomic E-state index is 5.58. The van der Waals surface area contributed by atoms with Crippen molar-refractivity contribution < 1.29 is 9.15 Å². The Morgan fingerprint density at radius 1 is 1.29 bits per heavy atom. The van der Waals surface area contributed by atoms with Gasteiger partial charge in [-0.1, -0.05) is 30.0 Å². The highest BCUT2D eigenvalue weighted by Gasteiger charge is 2.10. The molecule has 0 atom stereocenters. The molecule has 0 unspecified atom stereocenters. The van der Waals surface area contributed by atoms with E-state index >= 15 is 0 Å². The second-order valence-corrected chi connectivity index (χ2v) is 4.58. The molecule has 0 amide bonds. The first-order chi connectivity index (χ1) is 8.31. The quantitative estimate of drug-likeness (QED) is 0.603. The Balaban J connectivity index is 2.10. The summed E-state index contributed by atoms with van der Waals surface area (Å²) in [6.07, 6.45) is 0. The molecule has 0 aliphatic carbocycles. The summed E-state index contributed by atoms with van der Waals surface area (Å²) in [5.74, 6) is 1.38. The third-order valence-corrected chi connectivity index (χ3v) is 3.08. The van der Waals surface area contributed by atoms with E-state index in [1.165, 1.54) is 11.8 Å². The molecule has 1 aromatic carbocycles. The van der Waals surface area contributed by atoms with E-state index in [0.717, 1.165) is 16.9 Å². The van der Waals surface area contributed by atoms with E-state index in [4.69, 9.17) is 9.15 Å². The van der Waals surface area contributed by atoms with Crippen LogP contribution in [0.15, 0.2) is 33.9 Å². The zero-order valence-electron chi connectivity index (χ0n) is 9.84. The molecule has 0 bridgehead atoms. The normalized spacial score (nSPS) is 10.7. The maximum atomic E-state index is 5.58. The van der Waals surface area contributed by atoms with Crippen LogP contribution in [-0.4, -0.2) is 29.7 Å². The summed E-state index contributed by atoms with van der Waals surface area (Å²) >= 11 is 1.50. The Morgan fingerprint density at radius 3 is 2.88 bits per heavy atom. The van der Waals surface area contributed by atoms with E-state index in [9.17, 15) is 0 Å². The summed E-state index contributed by atoms with van der Waals surface area (Å²) in [7, 11) is 1.67. The highest BCUT2D eigenvalue weighted by Crippen LogP contribution is 2.25. The molecule has 1 aromatic heterocycles. The van der Waals surface area contributed by atoms with Gasteiger partial charge in [0, 0.05) is 18.4 Å². The van der Waals surface area contributed by atoms with Gasteiger partial charge in [-0.15, -0.1) is 10.2 Å². The molecule has 0 saturated carbocycles. The van der Waals surface area contributed by atoms with Crippen LogP contribution in [0.4, 0.5) is 0 Å². The third-order valence-electron chi connectivity index (χ3n) is 2.29. The number of ether oxygens (including phenoxy) is 1. The van der Waals surface area contributed by atoms with Gasteiger partial charge in [-0.25, -0.2) is 0 Å². The first-order valence-electron chi connectivity index (χ1n) is 5.32. The molecule has 1 heterocycles. The molecular formula is C12H14N2O2S. The van der Waals surface area contributed by atoms with Crippen molar-refractivity contribution in [2.75, 3.05) is 19.5 Å². The Labute approximate surface area is 104 Å². The predicted octanol–water partition coefficient (Wildman–Crippen LogP) is 2.78. The summed E-state index contributed by atoms with van der Waals surface area (Å²) in [6, 6.07) is 7.96. The smallest absolute Gasteiger partial charge is 0.276 e. The number of aryl methyl sites for hydroxylation is 1. The molecule has 2 aromatic rings. The van der Waals surface area contributed by atoms with Gasteiger partial charge >= 0.3 is 0 Å². The second-order valence-electron chi connectivity index (χ2n) is 3.53. The molecule has 0 N–H and O–H groups in total. The van der Waals surface area contributed by atoms with Gasteiger partial charge in [0.2, 0.25) is 5.89 Å².